The van der Waals surface area contributed by atoms with Crippen molar-refractivity contribution in [2.45, 2.75) is 69.1 Å². The van der Waals surface area contributed by atoms with E-state index in [9.17, 15) is 38.7 Å². The number of likely N-dealkylation sites (tertiary alicyclic amines) is 1. The summed E-state index contributed by atoms with van der Waals surface area (Å²) in [5.74, 6) is -5.63. The fourth-order valence-corrected chi connectivity index (χ4v) is 4.38. The van der Waals surface area contributed by atoms with Crippen molar-refractivity contribution in [3.8, 4) is 5.75 Å². The van der Waals surface area contributed by atoms with E-state index in [1.165, 1.54) is 29.2 Å². The van der Waals surface area contributed by atoms with Gasteiger partial charge in [0.25, 0.3) is 0 Å². The molecule has 11 N–H and O–H groups in total. The van der Waals surface area contributed by atoms with E-state index in [-0.39, 0.29) is 50.8 Å². The summed E-state index contributed by atoms with van der Waals surface area (Å²) in [5.41, 5.74) is 16.8. The monoisotopic (exact) mass is 591 g/mol. The first-order valence-corrected chi connectivity index (χ1v) is 13.3. The lowest BCUT2D eigenvalue weighted by atomic mass is 10.0. The molecule has 230 valence electrons. The number of aliphatic carboxylic acids is 1. The number of nitrogens with two attached hydrogens (primary N) is 3. The van der Waals surface area contributed by atoms with Gasteiger partial charge in [-0.3, -0.25) is 33.6 Å². The molecule has 0 unspecified atom stereocenters. The van der Waals surface area contributed by atoms with Crippen molar-refractivity contribution in [1.29, 1.82) is 0 Å². The number of phenolic OH excluding ortho intramolecular Hbond substituents is 1. The Morgan fingerprint density at radius 2 is 1.50 bits per heavy atom. The van der Waals surface area contributed by atoms with Crippen molar-refractivity contribution in [3.63, 3.8) is 0 Å². The third-order valence-corrected chi connectivity index (χ3v) is 6.59. The van der Waals surface area contributed by atoms with Crippen LogP contribution in [0.2, 0.25) is 0 Å². The molecule has 1 aromatic rings. The second-order valence-electron chi connectivity index (χ2n) is 9.91. The Hall–Kier alpha value is -4.73. The fourth-order valence-electron chi connectivity index (χ4n) is 4.38. The van der Waals surface area contributed by atoms with Crippen molar-refractivity contribution in [1.82, 2.24) is 20.9 Å². The Balaban J connectivity index is 2.27. The first kappa shape index (κ1) is 33.5. The minimum atomic E-state index is -1.32. The van der Waals surface area contributed by atoms with Gasteiger partial charge >= 0.3 is 5.97 Å². The van der Waals surface area contributed by atoms with Crippen molar-refractivity contribution in [2.24, 2.45) is 17.2 Å². The average molecular weight is 592 g/mol. The number of rotatable bonds is 16. The number of hydrogen-bond donors (Lipinski definition) is 8. The number of benzene rings is 1. The van der Waals surface area contributed by atoms with Crippen LogP contribution < -0.4 is 33.2 Å². The second kappa shape index (κ2) is 15.9. The van der Waals surface area contributed by atoms with Crippen LogP contribution in [0.4, 0.5) is 0 Å². The Morgan fingerprint density at radius 1 is 0.905 bits per heavy atom. The van der Waals surface area contributed by atoms with Gasteiger partial charge in [-0.15, -0.1) is 0 Å². The van der Waals surface area contributed by atoms with E-state index in [1.807, 2.05) is 0 Å². The molecule has 0 radical (unpaired) electrons. The number of carboxylic acid groups (broad SMARTS) is 1. The highest BCUT2D eigenvalue weighted by Gasteiger charge is 2.38. The van der Waals surface area contributed by atoms with Crippen LogP contribution in [0.15, 0.2) is 24.3 Å². The topological polar surface area (TPSA) is 277 Å². The molecule has 6 amide bonds. The van der Waals surface area contributed by atoms with Gasteiger partial charge in [-0.25, -0.2) is 0 Å². The van der Waals surface area contributed by atoms with E-state index in [0.29, 0.717) is 12.0 Å². The van der Waals surface area contributed by atoms with Gasteiger partial charge in [0.15, 0.2) is 0 Å². The molecule has 1 aliphatic heterocycles. The molecule has 1 heterocycles. The van der Waals surface area contributed by atoms with Gasteiger partial charge in [0, 0.05) is 25.8 Å². The lowest BCUT2D eigenvalue weighted by Gasteiger charge is -2.30. The zero-order valence-electron chi connectivity index (χ0n) is 22.9. The summed E-state index contributed by atoms with van der Waals surface area (Å²) < 4.78 is 0. The summed E-state index contributed by atoms with van der Waals surface area (Å²) in [7, 11) is 0. The number of carboxylic acids is 1. The molecule has 1 fully saturated rings. The van der Waals surface area contributed by atoms with Crippen LogP contribution in [0.1, 0.15) is 44.1 Å². The molecule has 0 aliphatic carbocycles. The highest BCUT2D eigenvalue weighted by atomic mass is 16.4. The minimum Gasteiger partial charge on any atom is -0.508 e. The van der Waals surface area contributed by atoms with E-state index < -0.39 is 72.1 Å². The highest BCUT2D eigenvalue weighted by Crippen LogP contribution is 2.20. The molecule has 0 aromatic heterocycles. The molecule has 1 saturated heterocycles. The standard InChI is InChI=1S/C26H37N7O9/c27-16(7-9-20(28)35)23(39)32-18(12-14-3-5-15(34)6-4-14)24(40)31-17(8-10-21(29)36)26(42)33-11-1-2-19(33)25(41)30-13-22(37)38/h3-6,16-19,34H,1-2,7-13,27H2,(H2,28,35)(H2,29,36)(H,30,41)(H,31,40)(H,32,39)(H,37,38)/t16-,17-,18-,19-/m0/s1. The molecule has 42 heavy (non-hydrogen) atoms. The van der Waals surface area contributed by atoms with E-state index in [2.05, 4.69) is 16.0 Å². The van der Waals surface area contributed by atoms with Crippen LogP contribution >= 0.6 is 0 Å². The molecule has 2 rings (SSSR count). The number of amides is 6. The first-order chi connectivity index (χ1) is 19.8. The molecule has 1 aliphatic rings. The number of phenols is 1. The van der Waals surface area contributed by atoms with Gasteiger partial charge in [-0.1, -0.05) is 12.1 Å². The Labute approximate surface area is 241 Å². The zero-order chi connectivity index (χ0) is 31.4. The minimum absolute atomic E-state index is 0.0260. The summed E-state index contributed by atoms with van der Waals surface area (Å²) in [6, 6.07) is 1.05. The lowest BCUT2D eigenvalue weighted by molar-refractivity contribution is -0.143. The average Bonchev–Trinajstić information content (AvgIpc) is 3.42. The number of carbonyl (C=O) groups is 7. The lowest BCUT2D eigenvalue weighted by Crippen LogP contribution is -2.58. The van der Waals surface area contributed by atoms with Crippen LogP contribution in [0, 0.1) is 0 Å². The van der Waals surface area contributed by atoms with Crippen molar-refractivity contribution >= 4 is 41.4 Å². The maximum Gasteiger partial charge on any atom is 0.322 e. The van der Waals surface area contributed by atoms with Gasteiger partial charge in [-0.2, -0.15) is 0 Å². The van der Waals surface area contributed by atoms with Crippen LogP contribution in [0.3, 0.4) is 0 Å². The molecular weight excluding hydrogens is 554 g/mol. The third kappa shape index (κ3) is 10.7. The third-order valence-electron chi connectivity index (χ3n) is 6.59. The highest BCUT2D eigenvalue weighted by molar-refractivity contribution is 5.96. The number of aromatic hydroxyl groups is 1. The molecule has 0 saturated carbocycles. The van der Waals surface area contributed by atoms with Gasteiger partial charge in [-0.05, 0) is 43.4 Å². The van der Waals surface area contributed by atoms with E-state index in [4.69, 9.17) is 22.3 Å². The summed E-state index contributed by atoms with van der Waals surface area (Å²) in [6.45, 7) is -0.491. The molecule has 16 heteroatoms. The maximum absolute atomic E-state index is 13.5. The fraction of sp³-hybridized carbons (Fsp3) is 0.500. The summed E-state index contributed by atoms with van der Waals surface area (Å²) in [6.07, 6.45) is -0.113. The Bertz CT molecular complexity index is 1180. The smallest absolute Gasteiger partial charge is 0.322 e. The van der Waals surface area contributed by atoms with Crippen LogP contribution in [-0.4, -0.2) is 93.8 Å². The van der Waals surface area contributed by atoms with Gasteiger partial charge < -0.3 is 48.3 Å². The Kier molecular flexibility index (Phi) is 12.7. The second-order valence-corrected chi connectivity index (χ2v) is 9.91. The quantitative estimate of drug-likeness (QED) is 0.0961. The first-order valence-electron chi connectivity index (χ1n) is 13.3. The van der Waals surface area contributed by atoms with Crippen LogP contribution in [0.5, 0.6) is 5.75 Å². The van der Waals surface area contributed by atoms with Gasteiger partial charge in [0.1, 0.15) is 30.4 Å². The normalized spacial score (nSPS) is 16.5. The molecule has 16 nitrogen and oxygen atoms in total. The molecule has 0 bridgehead atoms. The van der Waals surface area contributed by atoms with Gasteiger partial charge in [0.2, 0.25) is 35.4 Å². The molecular formula is C26H37N7O9. The number of carbonyl (C=O) groups excluding carboxylic acids is 6. The van der Waals surface area contributed by atoms with E-state index >= 15 is 0 Å². The predicted molar refractivity (Wildman–Crippen MR) is 146 cm³/mol. The number of primary amides is 2. The number of hydrogen-bond acceptors (Lipinski definition) is 9. The molecule has 4 atom stereocenters. The van der Waals surface area contributed by atoms with Crippen LogP contribution in [-0.2, 0) is 40.0 Å². The summed E-state index contributed by atoms with van der Waals surface area (Å²) in [4.78, 5) is 87.0. The number of nitrogens with one attached hydrogen (secondary N) is 3. The van der Waals surface area contributed by atoms with Crippen molar-refractivity contribution in [2.75, 3.05) is 13.1 Å². The molecule has 0 spiro atoms. The summed E-state index contributed by atoms with van der Waals surface area (Å²) >= 11 is 0. The van der Waals surface area contributed by atoms with Crippen LogP contribution in [0.25, 0.3) is 0 Å². The largest absolute Gasteiger partial charge is 0.508 e. The van der Waals surface area contributed by atoms with Crippen molar-refractivity contribution < 1.29 is 43.8 Å². The zero-order valence-corrected chi connectivity index (χ0v) is 22.9. The number of nitrogens with zero attached hydrogens (tertiary/aromatic N) is 1. The molecule has 1 aromatic carbocycles. The van der Waals surface area contributed by atoms with Crippen molar-refractivity contribution in [3.05, 3.63) is 29.8 Å². The Morgan fingerprint density at radius 3 is 2.10 bits per heavy atom. The van der Waals surface area contributed by atoms with E-state index in [0.717, 1.165) is 0 Å². The van der Waals surface area contributed by atoms with E-state index in [1.54, 1.807) is 0 Å². The predicted octanol–water partition coefficient (Wildman–Crippen LogP) is -3.05. The van der Waals surface area contributed by atoms with Gasteiger partial charge in [0.05, 0.1) is 6.04 Å². The SMILES string of the molecule is NC(=O)CC[C@H](NC(=O)[C@H](Cc1ccc(O)cc1)NC(=O)[C@@H](N)CCC(N)=O)C(=O)N1CCC[C@H]1C(=O)NCC(=O)O. The summed E-state index contributed by atoms with van der Waals surface area (Å²) in [5, 5.41) is 25.7. The maximum atomic E-state index is 13.5.